The average molecular weight is 390 g/mol. The van der Waals surface area contributed by atoms with Crippen LogP contribution in [0.4, 0.5) is 4.39 Å². The van der Waals surface area contributed by atoms with Crippen molar-refractivity contribution in [1.29, 1.82) is 0 Å². The number of ether oxygens (including phenoxy) is 1. The lowest BCUT2D eigenvalue weighted by molar-refractivity contribution is -0.121. The fraction of sp³-hybridized carbons (Fsp3) is 0.450. The number of likely N-dealkylation sites (N-methyl/N-ethyl adjacent to an activating group) is 1. The highest BCUT2D eigenvalue weighted by Gasteiger charge is 2.24. The number of nitrogens with one attached hydrogen (secondary N) is 1. The second kappa shape index (κ2) is 9.98. The minimum Gasteiger partial charge on any atom is -0.385 e. The van der Waals surface area contributed by atoms with E-state index in [9.17, 15) is 14.0 Å². The minimum atomic E-state index is -0.338. The Bertz CT molecular complexity index is 802. The molecule has 28 heavy (non-hydrogen) atoms. The Morgan fingerprint density at radius 2 is 1.96 bits per heavy atom. The molecule has 0 aliphatic carbocycles. The molecule has 0 saturated heterocycles. The van der Waals surface area contributed by atoms with Gasteiger partial charge in [0, 0.05) is 27.3 Å². The molecule has 152 valence electrons. The Balaban J connectivity index is 2.14. The standard InChI is InChI=1S/C20H27FN4O3/c1-14(2)19-17(12-23-25(19)16-8-6-15(21)7-9-16)20(27)24(3)13-18(26)22-10-5-11-28-4/h6-9,12,14H,5,10-11,13H2,1-4H3,(H,22,26). The van der Waals surface area contributed by atoms with Gasteiger partial charge in [0.2, 0.25) is 5.91 Å². The molecule has 0 aliphatic heterocycles. The number of carbonyl (C=O) groups is 2. The Morgan fingerprint density at radius 3 is 2.57 bits per heavy atom. The molecule has 1 heterocycles. The fourth-order valence-corrected chi connectivity index (χ4v) is 2.86. The number of carbonyl (C=O) groups excluding carboxylic acids is 2. The number of hydrogen-bond donors (Lipinski definition) is 1. The van der Waals surface area contributed by atoms with Crippen LogP contribution in [-0.2, 0) is 9.53 Å². The molecule has 2 amide bonds. The first-order valence-corrected chi connectivity index (χ1v) is 9.20. The molecule has 0 fully saturated rings. The van der Waals surface area contributed by atoms with Gasteiger partial charge in [-0.05, 0) is 36.6 Å². The largest absolute Gasteiger partial charge is 0.385 e. The van der Waals surface area contributed by atoms with Crippen molar-refractivity contribution in [3.8, 4) is 5.69 Å². The molecule has 0 saturated carbocycles. The van der Waals surface area contributed by atoms with Gasteiger partial charge in [-0.2, -0.15) is 5.10 Å². The van der Waals surface area contributed by atoms with Crippen LogP contribution in [0, 0.1) is 5.82 Å². The van der Waals surface area contributed by atoms with Crippen molar-refractivity contribution < 1.29 is 18.7 Å². The lowest BCUT2D eigenvalue weighted by Crippen LogP contribution is -2.39. The summed E-state index contributed by atoms with van der Waals surface area (Å²) < 4.78 is 19.8. The zero-order chi connectivity index (χ0) is 20.7. The molecule has 1 aromatic heterocycles. The molecule has 8 heteroatoms. The van der Waals surface area contributed by atoms with Crippen LogP contribution in [-0.4, -0.2) is 60.3 Å². The highest BCUT2D eigenvalue weighted by atomic mass is 19.1. The number of benzene rings is 1. The number of methoxy groups -OCH3 is 1. The van der Waals surface area contributed by atoms with E-state index in [0.717, 1.165) is 0 Å². The van der Waals surface area contributed by atoms with E-state index in [1.165, 1.54) is 23.2 Å². The van der Waals surface area contributed by atoms with Crippen molar-refractivity contribution in [2.45, 2.75) is 26.2 Å². The van der Waals surface area contributed by atoms with Crippen LogP contribution in [0.3, 0.4) is 0 Å². The molecule has 0 aliphatic rings. The quantitative estimate of drug-likeness (QED) is 0.667. The zero-order valence-corrected chi connectivity index (χ0v) is 16.7. The van der Waals surface area contributed by atoms with E-state index in [4.69, 9.17) is 4.74 Å². The Morgan fingerprint density at radius 1 is 1.29 bits per heavy atom. The lowest BCUT2D eigenvalue weighted by Gasteiger charge is -2.18. The van der Waals surface area contributed by atoms with E-state index in [0.29, 0.717) is 36.5 Å². The van der Waals surface area contributed by atoms with Gasteiger partial charge in [-0.1, -0.05) is 13.8 Å². The predicted molar refractivity (Wildman–Crippen MR) is 104 cm³/mol. The maximum absolute atomic E-state index is 13.2. The van der Waals surface area contributed by atoms with Crippen molar-refractivity contribution in [2.75, 3.05) is 33.9 Å². The molecule has 2 aromatic rings. The van der Waals surface area contributed by atoms with Crippen molar-refractivity contribution >= 4 is 11.8 Å². The van der Waals surface area contributed by atoms with Crippen molar-refractivity contribution in [3.05, 3.63) is 47.5 Å². The fourth-order valence-electron chi connectivity index (χ4n) is 2.86. The van der Waals surface area contributed by atoms with Gasteiger partial charge < -0.3 is 15.0 Å². The summed E-state index contributed by atoms with van der Waals surface area (Å²) in [4.78, 5) is 26.3. The number of aromatic nitrogens is 2. The minimum absolute atomic E-state index is 0.00257. The number of hydrogen-bond acceptors (Lipinski definition) is 4. The van der Waals surface area contributed by atoms with Crippen molar-refractivity contribution in [1.82, 2.24) is 20.0 Å². The lowest BCUT2D eigenvalue weighted by atomic mass is 10.0. The van der Waals surface area contributed by atoms with Crippen LogP contribution < -0.4 is 5.32 Å². The molecule has 0 unspecified atom stereocenters. The molecule has 0 bridgehead atoms. The summed E-state index contributed by atoms with van der Waals surface area (Å²) in [7, 11) is 3.18. The third-order valence-electron chi connectivity index (χ3n) is 4.23. The molecule has 1 aromatic carbocycles. The number of nitrogens with zero attached hydrogens (tertiary/aromatic N) is 3. The summed E-state index contributed by atoms with van der Waals surface area (Å²) in [6, 6.07) is 5.92. The molecule has 1 N–H and O–H groups in total. The van der Waals surface area contributed by atoms with Crippen LogP contribution in [0.25, 0.3) is 5.69 Å². The molecular weight excluding hydrogens is 363 g/mol. The molecule has 2 rings (SSSR count). The van der Waals surface area contributed by atoms with Gasteiger partial charge in [0.15, 0.2) is 0 Å². The summed E-state index contributed by atoms with van der Waals surface area (Å²) in [5.41, 5.74) is 1.81. The van der Waals surface area contributed by atoms with Gasteiger partial charge in [-0.3, -0.25) is 9.59 Å². The molecule has 0 atom stereocenters. The maximum atomic E-state index is 13.2. The first-order chi connectivity index (χ1) is 13.3. The van der Waals surface area contributed by atoms with E-state index in [2.05, 4.69) is 10.4 Å². The van der Waals surface area contributed by atoms with Gasteiger partial charge in [0.05, 0.1) is 29.7 Å². The first kappa shape index (κ1) is 21.6. The van der Waals surface area contributed by atoms with Crippen molar-refractivity contribution in [3.63, 3.8) is 0 Å². The smallest absolute Gasteiger partial charge is 0.257 e. The third kappa shape index (κ3) is 5.39. The normalized spacial score (nSPS) is 10.9. The first-order valence-electron chi connectivity index (χ1n) is 9.20. The summed E-state index contributed by atoms with van der Waals surface area (Å²) in [6.45, 7) is 4.92. The molecule has 0 spiro atoms. The maximum Gasteiger partial charge on any atom is 0.257 e. The van der Waals surface area contributed by atoms with Crippen LogP contribution >= 0.6 is 0 Å². The Labute approximate surface area is 164 Å². The van der Waals surface area contributed by atoms with Crippen LogP contribution in [0.5, 0.6) is 0 Å². The zero-order valence-electron chi connectivity index (χ0n) is 16.7. The summed E-state index contributed by atoms with van der Waals surface area (Å²) in [6.07, 6.45) is 2.20. The Hall–Kier alpha value is -2.74. The van der Waals surface area contributed by atoms with Crippen LogP contribution in [0.15, 0.2) is 30.5 Å². The highest BCUT2D eigenvalue weighted by molar-refractivity contribution is 5.97. The molecule has 0 radical (unpaired) electrons. The predicted octanol–water partition coefficient (Wildman–Crippen LogP) is 2.36. The van der Waals surface area contributed by atoms with Gasteiger partial charge in [0.1, 0.15) is 5.82 Å². The monoisotopic (exact) mass is 390 g/mol. The van der Waals surface area contributed by atoms with E-state index in [-0.39, 0.29) is 30.1 Å². The SMILES string of the molecule is COCCCNC(=O)CN(C)C(=O)c1cnn(-c2ccc(F)cc2)c1C(C)C. The summed E-state index contributed by atoms with van der Waals surface area (Å²) in [5.74, 6) is -0.856. The third-order valence-corrected chi connectivity index (χ3v) is 4.23. The highest BCUT2D eigenvalue weighted by Crippen LogP contribution is 2.24. The summed E-state index contributed by atoms with van der Waals surface area (Å²) >= 11 is 0. The molecule has 7 nitrogen and oxygen atoms in total. The van der Waals surface area contributed by atoms with E-state index >= 15 is 0 Å². The van der Waals surface area contributed by atoms with E-state index in [1.807, 2.05) is 13.8 Å². The topological polar surface area (TPSA) is 76.5 Å². The summed E-state index contributed by atoms with van der Waals surface area (Å²) in [5, 5.41) is 7.08. The Kier molecular flexibility index (Phi) is 7.69. The van der Waals surface area contributed by atoms with Gasteiger partial charge in [-0.25, -0.2) is 9.07 Å². The number of amides is 2. The number of rotatable bonds is 9. The second-order valence-electron chi connectivity index (χ2n) is 6.84. The second-order valence-corrected chi connectivity index (χ2v) is 6.84. The van der Waals surface area contributed by atoms with Crippen molar-refractivity contribution in [2.24, 2.45) is 0 Å². The average Bonchev–Trinajstić information content (AvgIpc) is 3.10. The van der Waals surface area contributed by atoms with Gasteiger partial charge in [-0.15, -0.1) is 0 Å². The van der Waals surface area contributed by atoms with Crippen LogP contribution in [0.2, 0.25) is 0 Å². The van der Waals surface area contributed by atoms with Gasteiger partial charge in [0.25, 0.3) is 5.91 Å². The van der Waals surface area contributed by atoms with E-state index < -0.39 is 0 Å². The van der Waals surface area contributed by atoms with Gasteiger partial charge >= 0.3 is 0 Å². The van der Waals surface area contributed by atoms with Crippen LogP contribution in [0.1, 0.15) is 42.2 Å². The number of halogens is 1. The van der Waals surface area contributed by atoms with E-state index in [1.54, 1.807) is 31.0 Å². The molecular formula is C20H27FN4O3.